The Morgan fingerprint density at radius 3 is 2.78 bits per heavy atom. The monoisotopic (exact) mass is 461 g/mol. The van der Waals surface area contributed by atoms with E-state index in [1.807, 2.05) is 12.1 Å². The average molecular weight is 462 g/mol. The molecule has 1 aliphatic carbocycles. The Kier molecular flexibility index (Phi) is 5.58. The number of thioether (sulfide) groups is 1. The third-order valence-corrected chi connectivity index (χ3v) is 8.00. The highest BCUT2D eigenvalue weighted by Crippen LogP contribution is 2.37. The van der Waals surface area contributed by atoms with Crippen LogP contribution in [0.5, 0.6) is 0 Å². The molecular weight excluding hydrogens is 441 g/mol. The maximum absolute atomic E-state index is 14.8. The van der Waals surface area contributed by atoms with Crippen LogP contribution in [-0.4, -0.2) is 9.55 Å². The first-order valence-corrected chi connectivity index (χ1v) is 12.3. The van der Waals surface area contributed by atoms with Crippen molar-refractivity contribution in [1.82, 2.24) is 9.55 Å². The largest absolute Gasteiger partial charge is 0.268 e. The summed E-state index contributed by atoms with van der Waals surface area (Å²) in [4.78, 5) is 20.6. The van der Waals surface area contributed by atoms with E-state index in [0.717, 1.165) is 35.2 Å². The lowest BCUT2D eigenvalue weighted by atomic mass is 9.89. The number of halogens is 1. The Hall–Kier alpha value is -2.95. The molecule has 0 radical (unpaired) electrons. The molecule has 1 aliphatic rings. The van der Waals surface area contributed by atoms with E-state index in [9.17, 15) is 9.18 Å². The molecule has 0 bridgehead atoms. The summed E-state index contributed by atoms with van der Waals surface area (Å²) in [7, 11) is 0. The fraction of sp³-hybridized carbons (Fsp3) is 0.240. The predicted octanol–water partition coefficient (Wildman–Crippen LogP) is 5.88. The van der Waals surface area contributed by atoms with Crippen molar-refractivity contribution in [3.8, 4) is 11.8 Å². The SMILES string of the molecule is CC1CCc2c(sc3nc(SCc4ccc(C#N)cc4)n(-c4ccccc4F)c(=O)c23)C1. The number of fused-ring (bicyclic) bond motifs is 3. The van der Waals surface area contributed by atoms with Crippen LogP contribution in [0, 0.1) is 23.1 Å². The number of hydrogen-bond donors (Lipinski definition) is 0. The minimum Gasteiger partial charge on any atom is -0.268 e. The van der Waals surface area contributed by atoms with Gasteiger partial charge in [-0.3, -0.25) is 9.36 Å². The Labute approximate surface area is 193 Å². The van der Waals surface area contributed by atoms with Crippen molar-refractivity contribution in [1.29, 1.82) is 5.26 Å². The average Bonchev–Trinajstić information content (AvgIpc) is 3.16. The molecule has 1 atom stereocenters. The summed E-state index contributed by atoms with van der Waals surface area (Å²) in [5, 5.41) is 10.1. The Morgan fingerprint density at radius 2 is 2.03 bits per heavy atom. The molecule has 0 aliphatic heterocycles. The fourth-order valence-corrected chi connectivity index (χ4v) is 6.52. The van der Waals surface area contributed by atoms with Crippen molar-refractivity contribution in [3.05, 3.63) is 86.3 Å². The zero-order valence-corrected chi connectivity index (χ0v) is 19.1. The van der Waals surface area contributed by atoms with Gasteiger partial charge in [0.05, 0.1) is 22.7 Å². The molecule has 0 saturated heterocycles. The standard InChI is InChI=1S/C25H20FN3OS2/c1-15-6-11-18-21(12-15)32-23-22(18)24(30)29(20-5-3-2-4-19(20)26)25(28-23)31-14-17-9-7-16(13-27)8-10-17/h2-5,7-10,15H,6,11-12,14H2,1H3. The Balaban J connectivity index is 1.65. The van der Waals surface area contributed by atoms with E-state index in [-0.39, 0.29) is 11.2 Å². The van der Waals surface area contributed by atoms with Crippen molar-refractivity contribution >= 4 is 33.3 Å². The van der Waals surface area contributed by atoms with Crippen LogP contribution in [0.15, 0.2) is 58.5 Å². The van der Waals surface area contributed by atoms with Crippen molar-refractivity contribution in [2.75, 3.05) is 0 Å². The summed E-state index contributed by atoms with van der Waals surface area (Å²) in [6.45, 7) is 2.23. The quantitative estimate of drug-likeness (QED) is 0.281. The zero-order chi connectivity index (χ0) is 22.2. The highest BCUT2D eigenvalue weighted by molar-refractivity contribution is 7.98. The van der Waals surface area contributed by atoms with Gasteiger partial charge in [-0.1, -0.05) is 43.0 Å². The van der Waals surface area contributed by atoms with Crippen LogP contribution in [0.1, 0.15) is 34.9 Å². The Morgan fingerprint density at radius 1 is 1.25 bits per heavy atom. The summed E-state index contributed by atoms with van der Waals surface area (Å²) in [5.74, 6) is 0.698. The van der Waals surface area contributed by atoms with Gasteiger partial charge in [0, 0.05) is 10.6 Å². The van der Waals surface area contributed by atoms with Gasteiger partial charge < -0.3 is 0 Å². The molecule has 0 spiro atoms. The number of nitriles is 1. The van der Waals surface area contributed by atoms with Gasteiger partial charge in [0.1, 0.15) is 10.6 Å². The molecule has 1 unspecified atom stereocenters. The lowest BCUT2D eigenvalue weighted by molar-refractivity contribution is 0.509. The summed E-state index contributed by atoms with van der Waals surface area (Å²) in [6.07, 6.45) is 2.87. The lowest BCUT2D eigenvalue weighted by Gasteiger charge is -2.18. The van der Waals surface area contributed by atoms with Crippen LogP contribution in [0.2, 0.25) is 0 Å². The van der Waals surface area contributed by atoms with Crippen LogP contribution >= 0.6 is 23.1 Å². The molecule has 2 aromatic heterocycles. The number of thiophene rings is 1. The number of rotatable bonds is 4. The number of hydrogen-bond acceptors (Lipinski definition) is 5. The fourth-order valence-electron chi connectivity index (χ4n) is 4.14. The highest BCUT2D eigenvalue weighted by atomic mass is 32.2. The molecule has 4 aromatic rings. The first kappa shape index (κ1) is 20.9. The zero-order valence-electron chi connectivity index (χ0n) is 17.5. The first-order valence-electron chi connectivity index (χ1n) is 10.5. The van der Waals surface area contributed by atoms with Gasteiger partial charge in [-0.15, -0.1) is 11.3 Å². The number of para-hydroxylation sites is 1. The predicted molar refractivity (Wildman–Crippen MR) is 127 cm³/mol. The normalized spacial score (nSPS) is 15.5. The van der Waals surface area contributed by atoms with Gasteiger partial charge in [-0.2, -0.15) is 5.26 Å². The maximum Gasteiger partial charge on any atom is 0.267 e. The summed E-state index contributed by atoms with van der Waals surface area (Å²) in [6, 6.07) is 15.8. The molecule has 2 aromatic carbocycles. The third kappa shape index (κ3) is 3.74. The van der Waals surface area contributed by atoms with Gasteiger partial charge in [-0.05, 0) is 60.6 Å². The number of aryl methyl sites for hydroxylation is 1. The molecule has 0 fully saturated rings. The molecule has 7 heteroatoms. The number of aromatic nitrogens is 2. The summed E-state index contributed by atoms with van der Waals surface area (Å²) >= 11 is 3.00. The highest BCUT2D eigenvalue weighted by Gasteiger charge is 2.25. The van der Waals surface area contributed by atoms with E-state index in [0.29, 0.717) is 27.8 Å². The van der Waals surface area contributed by atoms with Crippen LogP contribution in [0.3, 0.4) is 0 Å². The van der Waals surface area contributed by atoms with Gasteiger partial charge in [0.2, 0.25) is 0 Å². The first-order chi connectivity index (χ1) is 15.5. The molecule has 0 saturated carbocycles. The molecule has 5 rings (SSSR count). The van der Waals surface area contributed by atoms with Crippen molar-refractivity contribution in [2.24, 2.45) is 5.92 Å². The van der Waals surface area contributed by atoms with E-state index >= 15 is 0 Å². The molecule has 0 amide bonds. The second-order valence-corrected chi connectivity index (χ2v) is 10.1. The van der Waals surface area contributed by atoms with Gasteiger partial charge in [0.15, 0.2) is 5.16 Å². The van der Waals surface area contributed by atoms with Gasteiger partial charge in [-0.25, -0.2) is 9.37 Å². The van der Waals surface area contributed by atoms with E-state index in [1.165, 1.54) is 27.3 Å². The molecule has 160 valence electrons. The van der Waals surface area contributed by atoms with Crippen molar-refractivity contribution < 1.29 is 4.39 Å². The molecule has 2 heterocycles. The second-order valence-electron chi connectivity index (χ2n) is 8.12. The van der Waals surface area contributed by atoms with Crippen LogP contribution in [-0.2, 0) is 18.6 Å². The molecule has 4 nitrogen and oxygen atoms in total. The van der Waals surface area contributed by atoms with Crippen LogP contribution in [0.4, 0.5) is 4.39 Å². The molecule has 0 N–H and O–H groups in total. The van der Waals surface area contributed by atoms with Crippen LogP contribution in [0.25, 0.3) is 15.9 Å². The summed E-state index contributed by atoms with van der Waals surface area (Å²) < 4.78 is 16.2. The van der Waals surface area contributed by atoms with Crippen LogP contribution < -0.4 is 5.56 Å². The molecular formula is C25H20FN3OS2. The van der Waals surface area contributed by atoms with E-state index in [4.69, 9.17) is 10.2 Å². The van der Waals surface area contributed by atoms with E-state index in [2.05, 4.69) is 13.0 Å². The van der Waals surface area contributed by atoms with E-state index in [1.54, 1.807) is 41.7 Å². The third-order valence-electron chi connectivity index (χ3n) is 5.84. The second kappa shape index (κ2) is 8.53. The number of nitrogens with zero attached hydrogens (tertiary/aromatic N) is 3. The van der Waals surface area contributed by atoms with Crippen molar-refractivity contribution in [2.45, 2.75) is 37.1 Å². The minimum atomic E-state index is -0.450. The topological polar surface area (TPSA) is 58.7 Å². The smallest absolute Gasteiger partial charge is 0.267 e. The molecule has 32 heavy (non-hydrogen) atoms. The van der Waals surface area contributed by atoms with Gasteiger partial charge >= 0.3 is 0 Å². The lowest BCUT2D eigenvalue weighted by Crippen LogP contribution is -2.23. The summed E-state index contributed by atoms with van der Waals surface area (Å²) in [5.41, 5.74) is 2.71. The minimum absolute atomic E-state index is 0.200. The number of benzene rings is 2. The van der Waals surface area contributed by atoms with Gasteiger partial charge in [0.25, 0.3) is 5.56 Å². The maximum atomic E-state index is 14.8. The Bertz CT molecular complexity index is 1420. The van der Waals surface area contributed by atoms with Crippen molar-refractivity contribution in [3.63, 3.8) is 0 Å². The van der Waals surface area contributed by atoms with E-state index < -0.39 is 5.82 Å².